The van der Waals surface area contributed by atoms with E-state index >= 15 is 0 Å². The summed E-state index contributed by atoms with van der Waals surface area (Å²) in [5, 5.41) is 2.31. The molecule has 80 valence electrons. The van der Waals surface area contributed by atoms with Gasteiger partial charge in [-0.05, 0) is 34.6 Å². The molecule has 0 fully saturated rings. The van der Waals surface area contributed by atoms with Crippen molar-refractivity contribution in [2.24, 2.45) is 0 Å². The summed E-state index contributed by atoms with van der Waals surface area (Å²) in [5.41, 5.74) is 1.61. The number of rotatable bonds is 1. The second kappa shape index (κ2) is 3.91. The van der Waals surface area contributed by atoms with E-state index in [-0.39, 0.29) is 5.41 Å². The lowest BCUT2D eigenvalue weighted by Gasteiger charge is -2.14. The fraction of sp³-hybridized carbons (Fsp3) is 0.385. The van der Waals surface area contributed by atoms with Crippen molar-refractivity contribution in [2.75, 3.05) is 0 Å². The first kappa shape index (κ1) is 11.2. The molecule has 2 aromatic rings. The number of thiophene rings is 1. The zero-order valence-corrected chi connectivity index (χ0v) is 11.7. The lowest BCUT2D eigenvalue weighted by atomic mass is 9.94. The Balaban J connectivity index is 2.56. The Bertz CT molecular complexity index is 477. The highest BCUT2D eigenvalue weighted by atomic mass is 79.9. The molecule has 0 bridgehead atoms. The molecule has 0 aliphatic heterocycles. The van der Waals surface area contributed by atoms with Crippen molar-refractivity contribution in [3.63, 3.8) is 0 Å². The highest BCUT2D eigenvalue weighted by molar-refractivity contribution is 9.08. The molecule has 1 aromatic carbocycles. The van der Waals surface area contributed by atoms with Gasteiger partial charge < -0.3 is 0 Å². The summed E-state index contributed by atoms with van der Waals surface area (Å²) in [5.74, 6) is 0. The van der Waals surface area contributed by atoms with E-state index < -0.39 is 0 Å². The van der Waals surface area contributed by atoms with E-state index in [1.165, 1.54) is 20.5 Å². The van der Waals surface area contributed by atoms with Crippen LogP contribution in [0.3, 0.4) is 0 Å². The summed E-state index contributed by atoms with van der Waals surface area (Å²) in [6.45, 7) is 6.80. The van der Waals surface area contributed by atoms with Gasteiger partial charge in [-0.2, -0.15) is 0 Å². The number of fused-ring (bicyclic) bond motifs is 1. The lowest BCUT2D eigenvalue weighted by molar-refractivity contribution is 0.604. The van der Waals surface area contributed by atoms with Gasteiger partial charge in [-0.1, -0.05) is 42.8 Å². The maximum Gasteiger partial charge on any atom is 0.0346 e. The highest BCUT2D eigenvalue weighted by Gasteiger charge is 2.16. The third-order valence-corrected chi connectivity index (χ3v) is 4.66. The summed E-state index contributed by atoms with van der Waals surface area (Å²) in [6.07, 6.45) is 0. The predicted molar refractivity (Wildman–Crippen MR) is 73.2 cm³/mol. The standard InChI is InChI=1S/C13H15BrS/c1-13(2,3)12-7-10-6-9(8-14)4-5-11(10)15-12/h4-7H,8H2,1-3H3. The highest BCUT2D eigenvalue weighted by Crippen LogP contribution is 2.34. The van der Waals surface area contributed by atoms with Gasteiger partial charge in [0.15, 0.2) is 0 Å². The number of hydrogen-bond donors (Lipinski definition) is 0. The second-order valence-electron chi connectivity index (χ2n) is 4.87. The molecule has 15 heavy (non-hydrogen) atoms. The molecule has 0 aliphatic rings. The molecule has 1 aromatic heterocycles. The van der Waals surface area contributed by atoms with Gasteiger partial charge in [0.25, 0.3) is 0 Å². The summed E-state index contributed by atoms with van der Waals surface area (Å²) in [7, 11) is 0. The Morgan fingerprint density at radius 1 is 1.20 bits per heavy atom. The third-order valence-electron chi connectivity index (χ3n) is 2.47. The zero-order valence-electron chi connectivity index (χ0n) is 9.30. The van der Waals surface area contributed by atoms with Crippen LogP contribution in [0.1, 0.15) is 31.2 Å². The van der Waals surface area contributed by atoms with Crippen LogP contribution in [0, 0.1) is 0 Å². The summed E-state index contributed by atoms with van der Waals surface area (Å²) < 4.78 is 1.39. The first-order valence-electron chi connectivity index (χ1n) is 5.09. The Morgan fingerprint density at radius 2 is 1.93 bits per heavy atom. The molecule has 2 rings (SSSR count). The Labute approximate surface area is 103 Å². The van der Waals surface area contributed by atoms with Crippen molar-refractivity contribution in [2.45, 2.75) is 31.5 Å². The van der Waals surface area contributed by atoms with E-state index in [1.807, 2.05) is 11.3 Å². The van der Waals surface area contributed by atoms with Gasteiger partial charge in [-0.25, -0.2) is 0 Å². The molecule has 0 N–H and O–H groups in total. The van der Waals surface area contributed by atoms with Gasteiger partial charge in [-0.15, -0.1) is 11.3 Å². The summed E-state index contributed by atoms with van der Waals surface area (Å²) in [4.78, 5) is 1.46. The van der Waals surface area contributed by atoms with Crippen LogP contribution < -0.4 is 0 Å². The van der Waals surface area contributed by atoms with Crippen LogP contribution in [-0.2, 0) is 10.7 Å². The van der Waals surface area contributed by atoms with Crippen LogP contribution >= 0.6 is 27.3 Å². The molecule has 0 unspecified atom stereocenters. The number of benzene rings is 1. The summed E-state index contributed by atoms with van der Waals surface area (Å²) >= 11 is 5.40. The molecule has 2 heteroatoms. The lowest BCUT2D eigenvalue weighted by Crippen LogP contribution is -2.07. The van der Waals surface area contributed by atoms with E-state index in [1.54, 1.807) is 0 Å². The Hall–Kier alpha value is -0.340. The molecule has 0 nitrogen and oxygen atoms in total. The molecule has 0 radical (unpaired) electrons. The Kier molecular flexibility index (Phi) is 2.91. The minimum absolute atomic E-state index is 0.262. The van der Waals surface area contributed by atoms with Crippen LogP contribution in [0.15, 0.2) is 24.3 Å². The van der Waals surface area contributed by atoms with Crippen LogP contribution in [0.5, 0.6) is 0 Å². The van der Waals surface area contributed by atoms with E-state index in [0.29, 0.717) is 0 Å². The van der Waals surface area contributed by atoms with Crippen LogP contribution in [-0.4, -0.2) is 0 Å². The molecule has 0 saturated carbocycles. The number of alkyl halides is 1. The van der Waals surface area contributed by atoms with Gasteiger partial charge in [0.05, 0.1) is 0 Å². The van der Waals surface area contributed by atoms with Crippen molar-refractivity contribution in [1.82, 2.24) is 0 Å². The smallest absolute Gasteiger partial charge is 0.0346 e. The number of halogens is 1. The maximum atomic E-state index is 3.49. The van der Waals surface area contributed by atoms with Gasteiger partial charge in [0.2, 0.25) is 0 Å². The molecular weight excluding hydrogens is 268 g/mol. The van der Waals surface area contributed by atoms with Crippen LogP contribution in [0.2, 0.25) is 0 Å². The fourth-order valence-corrected chi connectivity index (χ4v) is 3.00. The molecule has 0 saturated heterocycles. The summed E-state index contributed by atoms with van der Waals surface area (Å²) in [6, 6.07) is 9.02. The van der Waals surface area contributed by atoms with Crippen molar-refractivity contribution >= 4 is 37.4 Å². The first-order valence-corrected chi connectivity index (χ1v) is 7.03. The van der Waals surface area contributed by atoms with Crippen molar-refractivity contribution in [3.8, 4) is 0 Å². The zero-order chi connectivity index (χ0) is 11.1. The van der Waals surface area contributed by atoms with Crippen molar-refractivity contribution in [1.29, 1.82) is 0 Å². The minimum Gasteiger partial charge on any atom is -0.140 e. The van der Waals surface area contributed by atoms with E-state index in [0.717, 1.165) is 5.33 Å². The topological polar surface area (TPSA) is 0 Å². The molecular formula is C13H15BrS. The van der Waals surface area contributed by atoms with E-state index in [9.17, 15) is 0 Å². The van der Waals surface area contributed by atoms with Gasteiger partial charge in [0, 0.05) is 14.9 Å². The SMILES string of the molecule is CC(C)(C)c1cc2cc(CBr)ccc2s1. The molecule has 1 heterocycles. The van der Waals surface area contributed by atoms with Crippen LogP contribution in [0.4, 0.5) is 0 Å². The first-order chi connectivity index (χ1) is 7.00. The number of hydrogen-bond acceptors (Lipinski definition) is 1. The quantitative estimate of drug-likeness (QED) is 0.639. The van der Waals surface area contributed by atoms with Crippen molar-refractivity contribution < 1.29 is 0 Å². The van der Waals surface area contributed by atoms with Crippen molar-refractivity contribution in [3.05, 3.63) is 34.7 Å². The van der Waals surface area contributed by atoms with Gasteiger partial charge in [0.1, 0.15) is 0 Å². The molecule has 0 amide bonds. The normalized spacial score (nSPS) is 12.3. The Morgan fingerprint density at radius 3 is 2.53 bits per heavy atom. The predicted octanol–water partition coefficient (Wildman–Crippen LogP) is 5.09. The largest absolute Gasteiger partial charge is 0.140 e. The van der Waals surface area contributed by atoms with Gasteiger partial charge >= 0.3 is 0 Å². The fourth-order valence-electron chi connectivity index (χ4n) is 1.55. The van der Waals surface area contributed by atoms with Gasteiger partial charge in [-0.3, -0.25) is 0 Å². The van der Waals surface area contributed by atoms with Crippen LogP contribution in [0.25, 0.3) is 10.1 Å². The third kappa shape index (κ3) is 2.26. The molecule has 0 aliphatic carbocycles. The van der Waals surface area contributed by atoms with E-state index in [2.05, 4.69) is 61.0 Å². The second-order valence-corrected chi connectivity index (χ2v) is 6.51. The maximum absolute atomic E-state index is 3.49. The monoisotopic (exact) mass is 282 g/mol. The minimum atomic E-state index is 0.262. The molecule has 0 spiro atoms. The van der Waals surface area contributed by atoms with E-state index in [4.69, 9.17) is 0 Å². The molecule has 0 atom stereocenters. The average molecular weight is 283 g/mol. The average Bonchev–Trinajstić information content (AvgIpc) is 2.59.